The molecule has 0 radical (unpaired) electrons. The minimum Gasteiger partial charge on any atom is -0.361 e. The molecule has 2 N–H and O–H groups in total. The molecule has 7 heteroatoms. The molecule has 138 valence electrons. The van der Waals surface area contributed by atoms with Gasteiger partial charge in [-0.3, -0.25) is 0 Å². The quantitative estimate of drug-likeness (QED) is 0.393. The van der Waals surface area contributed by atoms with Gasteiger partial charge in [-0.1, -0.05) is 17.3 Å². The highest BCUT2D eigenvalue weighted by Crippen LogP contribution is 2.12. The highest BCUT2D eigenvalue weighted by atomic mass is 127. The third-order valence-electron chi connectivity index (χ3n) is 3.83. The molecule has 1 aromatic carbocycles. The van der Waals surface area contributed by atoms with Gasteiger partial charge in [0.05, 0.1) is 12.2 Å². The summed E-state index contributed by atoms with van der Waals surface area (Å²) >= 11 is 0. The lowest BCUT2D eigenvalue weighted by Gasteiger charge is -2.11. The summed E-state index contributed by atoms with van der Waals surface area (Å²) in [4.78, 5) is 4.55. The fourth-order valence-electron chi connectivity index (χ4n) is 2.48. The van der Waals surface area contributed by atoms with E-state index in [-0.39, 0.29) is 29.8 Å². The Balaban J connectivity index is 0.00000312. The average Bonchev–Trinajstić information content (AvgIpc) is 2.87. The molecule has 2 aromatic rings. The molecule has 0 atom stereocenters. The summed E-state index contributed by atoms with van der Waals surface area (Å²) in [5.74, 6) is 1.41. The van der Waals surface area contributed by atoms with Gasteiger partial charge in [0.15, 0.2) is 5.96 Å². The van der Waals surface area contributed by atoms with Crippen molar-refractivity contribution < 1.29 is 8.91 Å². The van der Waals surface area contributed by atoms with Crippen LogP contribution in [0.1, 0.15) is 35.1 Å². The van der Waals surface area contributed by atoms with E-state index in [1.165, 1.54) is 6.07 Å². The minimum absolute atomic E-state index is 0. The molecule has 1 aromatic heterocycles. The van der Waals surface area contributed by atoms with Crippen LogP contribution in [0, 0.1) is 26.6 Å². The van der Waals surface area contributed by atoms with Crippen molar-refractivity contribution in [2.24, 2.45) is 4.99 Å². The zero-order chi connectivity index (χ0) is 17.5. The molecule has 0 bridgehead atoms. The molecule has 0 fully saturated rings. The molecule has 25 heavy (non-hydrogen) atoms. The third-order valence-corrected chi connectivity index (χ3v) is 3.83. The summed E-state index contributed by atoms with van der Waals surface area (Å²) < 4.78 is 18.5. The molecule has 0 saturated carbocycles. The number of halogens is 2. The molecule has 2 rings (SSSR count). The molecular formula is C18H26FIN4O. The van der Waals surface area contributed by atoms with Crippen LogP contribution >= 0.6 is 24.0 Å². The van der Waals surface area contributed by atoms with Gasteiger partial charge in [0.2, 0.25) is 0 Å². The molecule has 0 aliphatic heterocycles. The van der Waals surface area contributed by atoms with Crippen LogP contribution in [0.4, 0.5) is 4.39 Å². The van der Waals surface area contributed by atoms with Gasteiger partial charge in [-0.25, -0.2) is 9.38 Å². The largest absolute Gasteiger partial charge is 0.361 e. The first-order valence-corrected chi connectivity index (χ1v) is 8.20. The van der Waals surface area contributed by atoms with E-state index in [2.05, 4.69) is 20.8 Å². The number of hydrogen-bond acceptors (Lipinski definition) is 3. The van der Waals surface area contributed by atoms with Crippen molar-refractivity contribution >= 4 is 29.9 Å². The highest BCUT2D eigenvalue weighted by Gasteiger charge is 2.08. The molecular weight excluding hydrogens is 434 g/mol. The van der Waals surface area contributed by atoms with Gasteiger partial charge in [0.25, 0.3) is 0 Å². The van der Waals surface area contributed by atoms with Crippen LogP contribution in [0.5, 0.6) is 0 Å². The molecule has 1 heterocycles. The van der Waals surface area contributed by atoms with Crippen molar-refractivity contribution in [3.8, 4) is 0 Å². The van der Waals surface area contributed by atoms with E-state index < -0.39 is 0 Å². The first-order valence-electron chi connectivity index (χ1n) is 8.20. The summed E-state index contributed by atoms with van der Waals surface area (Å²) in [7, 11) is 0. The molecule has 0 amide bonds. The fraction of sp³-hybridized carbons (Fsp3) is 0.444. The van der Waals surface area contributed by atoms with Gasteiger partial charge >= 0.3 is 0 Å². The SMILES string of the molecule is CCNC(=NCc1ccc(F)c(C)c1)NCCc1c(C)noc1C.I. The van der Waals surface area contributed by atoms with Crippen molar-refractivity contribution in [1.82, 2.24) is 15.8 Å². The van der Waals surface area contributed by atoms with Gasteiger partial charge in [0, 0.05) is 18.7 Å². The zero-order valence-corrected chi connectivity index (χ0v) is 17.5. The maximum absolute atomic E-state index is 13.3. The van der Waals surface area contributed by atoms with E-state index in [1.54, 1.807) is 13.0 Å². The Hall–Kier alpha value is -1.64. The first kappa shape index (κ1) is 21.4. The normalized spacial score (nSPS) is 11.2. The van der Waals surface area contributed by atoms with Crippen molar-refractivity contribution in [3.05, 3.63) is 52.2 Å². The first-order chi connectivity index (χ1) is 11.5. The lowest BCUT2D eigenvalue weighted by Crippen LogP contribution is -2.38. The smallest absolute Gasteiger partial charge is 0.191 e. The summed E-state index contributed by atoms with van der Waals surface area (Å²) in [5, 5.41) is 10.5. The van der Waals surface area contributed by atoms with Gasteiger partial charge in [-0.2, -0.15) is 0 Å². The van der Waals surface area contributed by atoms with Crippen LogP contribution in [0.15, 0.2) is 27.7 Å². The Morgan fingerprint density at radius 3 is 2.60 bits per heavy atom. The number of rotatable bonds is 6. The third kappa shape index (κ3) is 6.30. The Kier molecular flexibility index (Phi) is 8.88. The van der Waals surface area contributed by atoms with Crippen LogP contribution in [0.3, 0.4) is 0 Å². The molecule has 0 aliphatic carbocycles. The lowest BCUT2D eigenvalue weighted by atomic mass is 10.1. The number of hydrogen-bond donors (Lipinski definition) is 2. The Labute approximate surface area is 165 Å². The Morgan fingerprint density at radius 1 is 1.24 bits per heavy atom. The van der Waals surface area contributed by atoms with E-state index in [0.717, 1.165) is 48.1 Å². The molecule has 0 spiro atoms. The highest BCUT2D eigenvalue weighted by molar-refractivity contribution is 14.0. The van der Waals surface area contributed by atoms with Gasteiger partial charge in [-0.05, 0) is 51.3 Å². The van der Waals surface area contributed by atoms with Crippen LogP contribution in [-0.2, 0) is 13.0 Å². The summed E-state index contributed by atoms with van der Waals surface area (Å²) in [5.41, 5.74) is 3.68. The van der Waals surface area contributed by atoms with Crippen LogP contribution in [0.25, 0.3) is 0 Å². The van der Waals surface area contributed by atoms with Crippen LogP contribution < -0.4 is 10.6 Å². The second-order valence-electron chi connectivity index (χ2n) is 5.76. The van der Waals surface area contributed by atoms with Crippen molar-refractivity contribution in [1.29, 1.82) is 0 Å². The Bertz CT molecular complexity index is 696. The van der Waals surface area contributed by atoms with Gasteiger partial charge in [-0.15, -0.1) is 24.0 Å². The number of aliphatic imine (C=N–C) groups is 1. The van der Waals surface area contributed by atoms with E-state index in [0.29, 0.717) is 12.1 Å². The van der Waals surface area contributed by atoms with E-state index in [1.807, 2.05) is 26.8 Å². The summed E-state index contributed by atoms with van der Waals surface area (Å²) in [6.45, 7) is 9.66. The average molecular weight is 460 g/mol. The number of nitrogens with one attached hydrogen (secondary N) is 2. The molecule has 0 saturated heterocycles. The number of benzene rings is 1. The number of guanidine groups is 1. The van der Waals surface area contributed by atoms with E-state index in [9.17, 15) is 4.39 Å². The maximum atomic E-state index is 13.3. The molecule has 0 aliphatic rings. The van der Waals surface area contributed by atoms with E-state index >= 15 is 0 Å². The summed E-state index contributed by atoms with van der Waals surface area (Å²) in [6.07, 6.45) is 0.821. The summed E-state index contributed by atoms with van der Waals surface area (Å²) in [6, 6.07) is 5.07. The van der Waals surface area contributed by atoms with Gasteiger partial charge < -0.3 is 15.2 Å². The fourth-order valence-corrected chi connectivity index (χ4v) is 2.48. The number of aromatic nitrogens is 1. The van der Waals surface area contributed by atoms with Gasteiger partial charge in [0.1, 0.15) is 11.6 Å². The minimum atomic E-state index is -0.188. The molecule has 5 nitrogen and oxygen atoms in total. The zero-order valence-electron chi connectivity index (χ0n) is 15.1. The second kappa shape index (κ2) is 10.4. The van der Waals surface area contributed by atoms with Crippen molar-refractivity contribution in [2.45, 2.75) is 40.7 Å². The second-order valence-corrected chi connectivity index (χ2v) is 5.76. The standard InChI is InChI=1S/C18H25FN4O.HI/c1-5-20-18(21-9-8-16-13(3)23-24-14(16)4)22-11-15-6-7-17(19)12(2)10-15;/h6-7,10H,5,8-9,11H2,1-4H3,(H2,20,21,22);1H. The maximum Gasteiger partial charge on any atom is 0.191 e. The van der Waals surface area contributed by atoms with Crippen molar-refractivity contribution in [3.63, 3.8) is 0 Å². The predicted octanol–water partition coefficient (Wildman–Crippen LogP) is 3.65. The number of aryl methyl sites for hydroxylation is 3. The van der Waals surface area contributed by atoms with Crippen LogP contribution in [0.2, 0.25) is 0 Å². The molecule has 0 unspecified atom stereocenters. The Morgan fingerprint density at radius 2 is 2.00 bits per heavy atom. The lowest BCUT2D eigenvalue weighted by molar-refractivity contribution is 0.392. The predicted molar refractivity (Wildman–Crippen MR) is 109 cm³/mol. The monoisotopic (exact) mass is 460 g/mol. The van der Waals surface area contributed by atoms with Crippen LogP contribution in [-0.4, -0.2) is 24.2 Å². The number of nitrogens with zero attached hydrogens (tertiary/aromatic N) is 2. The van der Waals surface area contributed by atoms with Crippen molar-refractivity contribution in [2.75, 3.05) is 13.1 Å². The topological polar surface area (TPSA) is 62.5 Å². The van der Waals surface area contributed by atoms with E-state index in [4.69, 9.17) is 4.52 Å².